The van der Waals surface area contributed by atoms with Crippen LogP contribution in [0.2, 0.25) is 0 Å². The van der Waals surface area contributed by atoms with Gasteiger partial charge in [0.05, 0.1) is 17.2 Å². The molecule has 1 N–H and O–H groups in total. The molecule has 8 nitrogen and oxygen atoms in total. The quantitative estimate of drug-likeness (QED) is 0.264. The molecule has 0 aliphatic rings. The number of hydrogen-bond donors (Lipinski definition) is 1. The summed E-state index contributed by atoms with van der Waals surface area (Å²) in [6, 6.07) is 17.0. The number of nitrogens with zero attached hydrogens (tertiary/aromatic N) is 2. The van der Waals surface area contributed by atoms with Crippen molar-refractivity contribution in [2.24, 2.45) is 0 Å². The highest BCUT2D eigenvalue weighted by atomic mass is 79.9. The van der Waals surface area contributed by atoms with Crippen molar-refractivity contribution in [2.45, 2.75) is 57.6 Å². The molecule has 0 radical (unpaired) electrons. The summed E-state index contributed by atoms with van der Waals surface area (Å²) in [5, 5.41) is 2.90. The Kier molecular flexibility index (Phi) is 11.3. The normalized spacial score (nSPS) is 12.7. The lowest BCUT2D eigenvalue weighted by molar-refractivity contribution is -0.139. The molecule has 220 valence electrons. The van der Waals surface area contributed by atoms with Gasteiger partial charge in [0, 0.05) is 17.1 Å². The molecule has 3 aromatic carbocycles. The van der Waals surface area contributed by atoms with Crippen LogP contribution in [0, 0.1) is 5.82 Å². The largest absolute Gasteiger partial charge is 0.494 e. The zero-order chi connectivity index (χ0) is 30.2. The van der Waals surface area contributed by atoms with E-state index in [1.807, 2.05) is 45.0 Å². The maximum atomic E-state index is 13.9. The van der Waals surface area contributed by atoms with Crippen molar-refractivity contribution in [1.82, 2.24) is 10.2 Å². The van der Waals surface area contributed by atoms with Gasteiger partial charge in [-0.15, -0.1) is 0 Å². The highest BCUT2D eigenvalue weighted by Gasteiger charge is 2.33. The molecular formula is C30H35BrFN3O5S. The van der Waals surface area contributed by atoms with Gasteiger partial charge in [-0.2, -0.15) is 0 Å². The van der Waals surface area contributed by atoms with E-state index >= 15 is 0 Å². The molecule has 2 amide bonds. The van der Waals surface area contributed by atoms with E-state index in [1.165, 1.54) is 41.3 Å². The minimum atomic E-state index is -4.28. The van der Waals surface area contributed by atoms with E-state index in [-0.39, 0.29) is 29.1 Å². The maximum absolute atomic E-state index is 13.9. The fourth-order valence-corrected chi connectivity index (χ4v) is 5.88. The van der Waals surface area contributed by atoms with Crippen LogP contribution in [-0.2, 0) is 26.2 Å². The lowest BCUT2D eigenvalue weighted by Crippen LogP contribution is -2.52. The van der Waals surface area contributed by atoms with Crippen LogP contribution in [-0.4, -0.2) is 50.4 Å². The fraction of sp³-hybridized carbons (Fsp3) is 0.333. The Hall–Kier alpha value is -3.44. The summed E-state index contributed by atoms with van der Waals surface area (Å²) in [7, 11) is -4.28. The smallest absolute Gasteiger partial charge is 0.264 e. The standard InChI is InChI=1S/C30H35BrFN3O5S/c1-5-21(3)33-30(37)22(4)34(19-23-8-7-9-24(31)18-23)29(36)20-35(26-12-10-25(32)11-13-26)41(38,39)28-16-14-27(15-17-28)40-6-2/h7-18,21-22H,5-6,19-20H2,1-4H3,(H,33,37)/t21-,22-/m0/s1. The van der Waals surface area contributed by atoms with Gasteiger partial charge in [-0.05, 0) is 93.4 Å². The van der Waals surface area contributed by atoms with Gasteiger partial charge in [0.25, 0.3) is 10.0 Å². The van der Waals surface area contributed by atoms with Gasteiger partial charge in [-0.25, -0.2) is 12.8 Å². The zero-order valence-corrected chi connectivity index (χ0v) is 25.9. The molecule has 3 rings (SSSR count). The summed E-state index contributed by atoms with van der Waals surface area (Å²) in [5.74, 6) is -1.01. The third-order valence-corrected chi connectivity index (χ3v) is 8.81. The van der Waals surface area contributed by atoms with Crippen molar-refractivity contribution in [3.05, 3.63) is 88.6 Å². The first kappa shape index (κ1) is 32.1. The molecule has 0 aromatic heterocycles. The van der Waals surface area contributed by atoms with Crippen LogP contribution >= 0.6 is 15.9 Å². The first-order chi connectivity index (χ1) is 19.5. The van der Waals surface area contributed by atoms with Crippen LogP contribution in [0.25, 0.3) is 0 Å². The van der Waals surface area contributed by atoms with Gasteiger partial charge in [0.1, 0.15) is 24.2 Å². The summed E-state index contributed by atoms with van der Waals surface area (Å²) in [6.07, 6.45) is 0.705. The van der Waals surface area contributed by atoms with Crippen LogP contribution in [0.5, 0.6) is 5.75 Å². The van der Waals surface area contributed by atoms with Gasteiger partial charge in [0.15, 0.2) is 0 Å². The van der Waals surface area contributed by atoms with E-state index < -0.39 is 34.3 Å². The van der Waals surface area contributed by atoms with Crippen molar-refractivity contribution in [1.29, 1.82) is 0 Å². The molecule has 0 fully saturated rings. The summed E-state index contributed by atoms with van der Waals surface area (Å²) in [6.45, 7) is 7.09. The number of nitrogens with one attached hydrogen (secondary N) is 1. The predicted octanol–water partition coefficient (Wildman–Crippen LogP) is 5.51. The third-order valence-electron chi connectivity index (χ3n) is 6.53. The molecule has 0 spiro atoms. The van der Waals surface area contributed by atoms with Crippen LogP contribution < -0.4 is 14.4 Å². The Morgan fingerprint density at radius 2 is 1.66 bits per heavy atom. The van der Waals surface area contributed by atoms with Gasteiger partial charge in [0.2, 0.25) is 11.8 Å². The fourth-order valence-electron chi connectivity index (χ4n) is 4.02. The average molecular weight is 649 g/mol. The van der Waals surface area contributed by atoms with Crippen molar-refractivity contribution < 1.29 is 27.1 Å². The Morgan fingerprint density at radius 3 is 2.24 bits per heavy atom. The number of amides is 2. The second-order valence-electron chi connectivity index (χ2n) is 9.54. The molecule has 41 heavy (non-hydrogen) atoms. The number of hydrogen-bond acceptors (Lipinski definition) is 5. The molecule has 2 atom stereocenters. The number of halogens is 2. The Labute approximate surface area is 249 Å². The number of carbonyl (C=O) groups is 2. The highest BCUT2D eigenvalue weighted by molar-refractivity contribution is 9.10. The summed E-state index contributed by atoms with van der Waals surface area (Å²) in [4.78, 5) is 28.3. The van der Waals surface area contributed by atoms with Crippen LogP contribution in [0.1, 0.15) is 39.7 Å². The molecule has 11 heteroatoms. The van der Waals surface area contributed by atoms with Crippen molar-refractivity contribution in [3.8, 4) is 5.75 Å². The van der Waals surface area contributed by atoms with Crippen LogP contribution in [0.4, 0.5) is 10.1 Å². The molecule has 0 saturated heterocycles. The second-order valence-corrected chi connectivity index (χ2v) is 12.3. The zero-order valence-electron chi connectivity index (χ0n) is 23.5. The minimum Gasteiger partial charge on any atom is -0.494 e. The van der Waals surface area contributed by atoms with Crippen molar-refractivity contribution >= 4 is 43.5 Å². The lowest BCUT2D eigenvalue weighted by atomic mass is 10.1. The average Bonchev–Trinajstić information content (AvgIpc) is 2.95. The van der Waals surface area contributed by atoms with Gasteiger partial charge < -0.3 is 15.0 Å². The molecule has 0 unspecified atom stereocenters. The van der Waals surface area contributed by atoms with Crippen LogP contribution in [0.15, 0.2) is 82.2 Å². The summed E-state index contributed by atoms with van der Waals surface area (Å²) >= 11 is 3.43. The summed E-state index contributed by atoms with van der Waals surface area (Å²) < 4.78 is 48.7. The van der Waals surface area contributed by atoms with E-state index in [1.54, 1.807) is 6.92 Å². The lowest BCUT2D eigenvalue weighted by Gasteiger charge is -2.32. The molecule has 3 aromatic rings. The third kappa shape index (κ3) is 8.53. The van der Waals surface area contributed by atoms with Gasteiger partial charge >= 0.3 is 0 Å². The molecule has 0 aliphatic carbocycles. The molecule has 0 saturated carbocycles. The molecule has 0 aliphatic heterocycles. The number of rotatable bonds is 13. The number of sulfonamides is 1. The Balaban J connectivity index is 2.01. The van der Waals surface area contributed by atoms with Gasteiger partial charge in [-0.3, -0.25) is 13.9 Å². The first-order valence-electron chi connectivity index (χ1n) is 13.3. The molecule has 0 heterocycles. The number of ether oxygens (including phenoxy) is 1. The predicted molar refractivity (Wildman–Crippen MR) is 161 cm³/mol. The number of benzene rings is 3. The van der Waals surface area contributed by atoms with E-state index in [4.69, 9.17) is 4.74 Å². The highest BCUT2D eigenvalue weighted by Crippen LogP contribution is 2.26. The molecular weight excluding hydrogens is 613 g/mol. The minimum absolute atomic E-state index is 0.0632. The topological polar surface area (TPSA) is 96.0 Å². The number of anilines is 1. The first-order valence-corrected chi connectivity index (χ1v) is 15.5. The monoisotopic (exact) mass is 647 g/mol. The Morgan fingerprint density at radius 1 is 1.00 bits per heavy atom. The summed E-state index contributed by atoms with van der Waals surface area (Å²) in [5.41, 5.74) is 0.853. The van der Waals surface area contributed by atoms with Gasteiger partial charge in [-0.1, -0.05) is 35.0 Å². The van der Waals surface area contributed by atoms with E-state index in [0.717, 1.165) is 26.5 Å². The van der Waals surface area contributed by atoms with Crippen LogP contribution in [0.3, 0.4) is 0 Å². The Bertz CT molecular complexity index is 1440. The van der Waals surface area contributed by atoms with E-state index in [0.29, 0.717) is 18.8 Å². The van der Waals surface area contributed by atoms with E-state index in [2.05, 4.69) is 21.2 Å². The molecule has 0 bridgehead atoms. The maximum Gasteiger partial charge on any atom is 0.264 e. The second kappa shape index (κ2) is 14.5. The van der Waals surface area contributed by atoms with E-state index in [9.17, 15) is 22.4 Å². The van der Waals surface area contributed by atoms with Crippen molar-refractivity contribution in [3.63, 3.8) is 0 Å². The number of carbonyl (C=O) groups excluding carboxylic acids is 2. The van der Waals surface area contributed by atoms with Crippen molar-refractivity contribution in [2.75, 3.05) is 17.5 Å². The SMILES string of the molecule is CCOc1ccc(S(=O)(=O)N(CC(=O)N(Cc2cccc(Br)c2)[C@@H](C)C(=O)N[C@@H](C)CC)c2ccc(F)cc2)cc1.